The van der Waals surface area contributed by atoms with Crippen molar-refractivity contribution < 1.29 is 4.74 Å². The van der Waals surface area contributed by atoms with Crippen molar-refractivity contribution in [3.05, 3.63) is 16.3 Å². The van der Waals surface area contributed by atoms with Crippen LogP contribution in [0.3, 0.4) is 0 Å². The predicted molar refractivity (Wildman–Crippen MR) is 83.6 cm³/mol. The molecule has 4 nitrogen and oxygen atoms in total. The fourth-order valence-electron chi connectivity index (χ4n) is 2.81. The van der Waals surface area contributed by atoms with Crippen molar-refractivity contribution in [3.63, 3.8) is 0 Å². The molecule has 108 valence electrons. The Bertz CT molecular complexity index is 646. The van der Waals surface area contributed by atoms with E-state index in [0.717, 1.165) is 29.3 Å². The highest BCUT2D eigenvalue weighted by Crippen LogP contribution is 2.40. The van der Waals surface area contributed by atoms with Gasteiger partial charge in [-0.3, -0.25) is 0 Å². The predicted octanol–water partition coefficient (Wildman–Crippen LogP) is 3.49. The molecule has 2 heterocycles. The lowest BCUT2D eigenvalue weighted by atomic mass is 10.0. The molecule has 0 bridgehead atoms. The molecule has 1 aliphatic carbocycles. The molecule has 20 heavy (non-hydrogen) atoms. The number of aromatic nitrogens is 2. The lowest BCUT2D eigenvalue weighted by Gasteiger charge is -2.25. The Balaban J connectivity index is 2.23. The standard InChI is InChI=1S/C15H21N3OS/c1-5-15(2,19-4)14-17-12(16-3)11-9-7-6-8-10(9)20-13(11)18-14/h5-8H2,1-4H3,(H,16,17,18). The highest BCUT2D eigenvalue weighted by atomic mass is 32.1. The highest BCUT2D eigenvalue weighted by molar-refractivity contribution is 7.19. The first-order chi connectivity index (χ1) is 9.62. The molecular weight excluding hydrogens is 270 g/mol. The van der Waals surface area contributed by atoms with Crippen molar-refractivity contribution in [1.82, 2.24) is 9.97 Å². The molecule has 2 aromatic heterocycles. The molecule has 0 aromatic carbocycles. The van der Waals surface area contributed by atoms with Gasteiger partial charge in [0.1, 0.15) is 16.2 Å². The molecule has 0 saturated heterocycles. The van der Waals surface area contributed by atoms with Gasteiger partial charge in [0, 0.05) is 19.0 Å². The molecule has 1 unspecified atom stereocenters. The van der Waals surface area contributed by atoms with Gasteiger partial charge in [-0.1, -0.05) is 6.92 Å². The molecule has 1 aliphatic rings. The van der Waals surface area contributed by atoms with E-state index in [-0.39, 0.29) is 0 Å². The maximum Gasteiger partial charge on any atom is 0.163 e. The maximum absolute atomic E-state index is 5.65. The van der Waals surface area contributed by atoms with E-state index in [2.05, 4.69) is 19.2 Å². The number of thiophene rings is 1. The van der Waals surface area contributed by atoms with Crippen molar-refractivity contribution in [3.8, 4) is 0 Å². The summed E-state index contributed by atoms with van der Waals surface area (Å²) in [6, 6.07) is 0. The summed E-state index contributed by atoms with van der Waals surface area (Å²) in [7, 11) is 3.66. The van der Waals surface area contributed by atoms with Crippen LogP contribution in [0.5, 0.6) is 0 Å². The molecule has 3 rings (SSSR count). The number of ether oxygens (including phenoxy) is 1. The number of hydrogen-bond acceptors (Lipinski definition) is 5. The van der Waals surface area contributed by atoms with Gasteiger partial charge in [0.05, 0.1) is 5.39 Å². The van der Waals surface area contributed by atoms with Crippen LogP contribution in [0.4, 0.5) is 5.82 Å². The summed E-state index contributed by atoms with van der Waals surface area (Å²) >= 11 is 1.82. The fraction of sp³-hybridized carbons (Fsp3) is 0.600. The number of nitrogens with zero attached hydrogens (tertiary/aromatic N) is 2. The topological polar surface area (TPSA) is 47.0 Å². The minimum atomic E-state index is -0.422. The Labute approximate surface area is 123 Å². The summed E-state index contributed by atoms with van der Waals surface area (Å²) in [6.45, 7) is 4.15. The van der Waals surface area contributed by atoms with Crippen LogP contribution in [-0.2, 0) is 23.2 Å². The van der Waals surface area contributed by atoms with Crippen LogP contribution in [-0.4, -0.2) is 24.1 Å². The van der Waals surface area contributed by atoms with Gasteiger partial charge in [-0.2, -0.15) is 0 Å². The van der Waals surface area contributed by atoms with E-state index in [0.29, 0.717) is 0 Å². The molecule has 5 heteroatoms. The Morgan fingerprint density at radius 3 is 2.80 bits per heavy atom. The van der Waals surface area contributed by atoms with E-state index < -0.39 is 5.60 Å². The first-order valence-corrected chi connectivity index (χ1v) is 8.00. The normalized spacial score (nSPS) is 17.2. The maximum atomic E-state index is 5.65. The highest BCUT2D eigenvalue weighted by Gasteiger charge is 2.30. The van der Waals surface area contributed by atoms with E-state index in [1.165, 1.54) is 28.7 Å². The van der Waals surface area contributed by atoms with Crippen molar-refractivity contribution >= 4 is 27.4 Å². The number of rotatable bonds is 4. The summed E-state index contributed by atoms with van der Waals surface area (Å²) in [6.07, 6.45) is 4.45. The SMILES string of the molecule is CCC(C)(OC)c1nc(NC)c2c3c(sc2n1)CCC3. The molecule has 1 N–H and O–H groups in total. The van der Waals surface area contributed by atoms with Crippen LogP contribution in [0.2, 0.25) is 0 Å². The monoisotopic (exact) mass is 291 g/mol. The van der Waals surface area contributed by atoms with Gasteiger partial charge >= 0.3 is 0 Å². The first kappa shape index (κ1) is 13.8. The van der Waals surface area contributed by atoms with Crippen molar-refractivity contribution in [2.75, 3.05) is 19.5 Å². The molecule has 0 radical (unpaired) electrons. The van der Waals surface area contributed by atoms with Gasteiger partial charge in [0.15, 0.2) is 5.82 Å². The average molecular weight is 291 g/mol. The molecular formula is C15H21N3OS. The summed E-state index contributed by atoms with van der Waals surface area (Å²) in [5.41, 5.74) is 1.03. The molecule has 0 spiro atoms. The second-order valence-corrected chi connectivity index (χ2v) is 6.56. The Morgan fingerprint density at radius 2 is 2.15 bits per heavy atom. The van der Waals surface area contributed by atoms with Gasteiger partial charge in [-0.25, -0.2) is 9.97 Å². The van der Waals surface area contributed by atoms with Gasteiger partial charge in [0.25, 0.3) is 0 Å². The number of nitrogens with one attached hydrogen (secondary N) is 1. The largest absolute Gasteiger partial charge is 0.372 e. The van der Waals surface area contributed by atoms with E-state index in [1.807, 2.05) is 18.4 Å². The van der Waals surface area contributed by atoms with Crippen molar-refractivity contribution in [1.29, 1.82) is 0 Å². The first-order valence-electron chi connectivity index (χ1n) is 7.18. The Morgan fingerprint density at radius 1 is 1.35 bits per heavy atom. The zero-order valence-electron chi connectivity index (χ0n) is 12.5. The van der Waals surface area contributed by atoms with Crippen LogP contribution in [0.15, 0.2) is 0 Å². The van der Waals surface area contributed by atoms with Crippen LogP contribution >= 0.6 is 11.3 Å². The zero-order valence-corrected chi connectivity index (χ0v) is 13.4. The second kappa shape index (κ2) is 4.97. The number of anilines is 1. The van der Waals surface area contributed by atoms with Crippen LogP contribution < -0.4 is 5.32 Å². The van der Waals surface area contributed by atoms with E-state index in [4.69, 9.17) is 14.7 Å². The molecule has 2 aromatic rings. The van der Waals surface area contributed by atoms with Gasteiger partial charge < -0.3 is 10.1 Å². The minimum absolute atomic E-state index is 0.422. The quantitative estimate of drug-likeness (QED) is 0.936. The van der Waals surface area contributed by atoms with Gasteiger partial charge in [0.2, 0.25) is 0 Å². The summed E-state index contributed by atoms with van der Waals surface area (Å²) in [5.74, 6) is 1.72. The number of hydrogen-bond donors (Lipinski definition) is 1. The number of fused-ring (bicyclic) bond motifs is 3. The van der Waals surface area contributed by atoms with Crippen LogP contribution in [0, 0.1) is 0 Å². The van der Waals surface area contributed by atoms with E-state index in [1.54, 1.807) is 7.11 Å². The Kier molecular flexibility index (Phi) is 3.42. The number of aryl methyl sites for hydroxylation is 2. The summed E-state index contributed by atoms with van der Waals surface area (Å²) < 4.78 is 5.65. The third-order valence-electron chi connectivity index (χ3n) is 4.40. The summed E-state index contributed by atoms with van der Waals surface area (Å²) in [4.78, 5) is 12.1. The van der Waals surface area contributed by atoms with Crippen molar-refractivity contribution in [2.24, 2.45) is 0 Å². The minimum Gasteiger partial charge on any atom is -0.372 e. The third-order valence-corrected chi connectivity index (χ3v) is 5.59. The van der Waals surface area contributed by atoms with Crippen molar-refractivity contribution in [2.45, 2.75) is 45.1 Å². The average Bonchev–Trinajstić information content (AvgIpc) is 3.05. The summed E-state index contributed by atoms with van der Waals surface area (Å²) in [5, 5.41) is 4.47. The fourth-order valence-corrected chi connectivity index (χ4v) is 4.07. The Hall–Kier alpha value is -1.20. The van der Waals surface area contributed by atoms with Gasteiger partial charge in [-0.15, -0.1) is 11.3 Å². The molecule has 0 aliphatic heterocycles. The molecule has 0 amide bonds. The molecule has 0 fully saturated rings. The van der Waals surface area contributed by atoms with E-state index >= 15 is 0 Å². The zero-order chi connectivity index (χ0) is 14.3. The third kappa shape index (κ3) is 1.91. The number of methoxy groups -OCH3 is 1. The lowest BCUT2D eigenvalue weighted by molar-refractivity contribution is -0.00854. The second-order valence-electron chi connectivity index (χ2n) is 5.47. The van der Waals surface area contributed by atoms with Gasteiger partial charge in [-0.05, 0) is 38.2 Å². The van der Waals surface area contributed by atoms with Crippen LogP contribution in [0.1, 0.15) is 43.0 Å². The van der Waals surface area contributed by atoms with Crippen LogP contribution in [0.25, 0.3) is 10.2 Å². The molecule has 0 saturated carbocycles. The molecule has 1 atom stereocenters. The lowest BCUT2D eigenvalue weighted by Crippen LogP contribution is -2.26. The smallest absolute Gasteiger partial charge is 0.163 e. The van der Waals surface area contributed by atoms with E-state index in [9.17, 15) is 0 Å².